The molecular formula is C13H15BrF2N2O. The molecule has 0 unspecified atom stereocenters. The van der Waals surface area contributed by atoms with Gasteiger partial charge in [0.1, 0.15) is 17.2 Å². The number of amides is 1. The first kappa shape index (κ1) is 14.4. The van der Waals surface area contributed by atoms with Gasteiger partial charge in [0.2, 0.25) is 0 Å². The van der Waals surface area contributed by atoms with E-state index in [0.29, 0.717) is 0 Å². The number of carbonyl (C=O) groups is 1. The molecule has 104 valence electrons. The zero-order valence-corrected chi connectivity index (χ0v) is 12.1. The van der Waals surface area contributed by atoms with Crippen LogP contribution in [0.3, 0.4) is 0 Å². The predicted molar refractivity (Wildman–Crippen MR) is 72.0 cm³/mol. The topological polar surface area (TPSA) is 32.3 Å². The molecule has 0 aromatic heterocycles. The molecule has 1 aromatic carbocycles. The third kappa shape index (κ3) is 3.51. The Labute approximate surface area is 119 Å². The molecule has 1 fully saturated rings. The number of rotatable bonds is 2. The van der Waals surface area contributed by atoms with Crippen molar-refractivity contribution in [3.05, 3.63) is 33.8 Å². The average Bonchev–Trinajstić information content (AvgIpc) is 2.30. The van der Waals surface area contributed by atoms with Gasteiger partial charge in [-0.2, -0.15) is 0 Å². The van der Waals surface area contributed by atoms with E-state index in [0.717, 1.165) is 38.1 Å². The van der Waals surface area contributed by atoms with Crippen molar-refractivity contribution in [2.45, 2.75) is 18.9 Å². The van der Waals surface area contributed by atoms with Crippen LogP contribution in [0.1, 0.15) is 23.2 Å². The molecule has 2 rings (SSSR count). The van der Waals surface area contributed by atoms with E-state index in [2.05, 4.69) is 26.1 Å². The van der Waals surface area contributed by atoms with Gasteiger partial charge in [0.25, 0.3) is 5.91 Å². The van der Waals surface area contributed by atoms with Gasteiger partial charge in [-0.25, -0.2) is 8.78 Å². The van der Waals surface area contributed by atoms with E-state index in [1.54, 1.807) is 0 Å². The summed E-state index contributed by atoms with van der Waals surface area (Å²) in [5.41, 5.74) is -0.512. The Hall–Kier alpha value is -1.01. The zero-order chi connectivity index (χ0) is 14.0. The smallest absolute Gasteiger partial charge is 0.257 e. The second kappa shape index (κ2) is 5.96. The third-order valence-electron chi connectivity index (χ3n) is 3.29. The standard InChI is InChI=1S/C13H15BrF2N2O/c1-18-4-2-9(3-5-18)17-13(19)12-10(15)6-8(14)7-11(12)16/h6-7,9H,2-5H2,1H3,(H,17,19). The lowest BCUT2D eigenvalue weighted by Gasteiger charge is -2.29. The third-order valence-corrected chi connectivity index (χ3v) is 3.75. The summed E-state index contributed by atoms with van der Waals surface area (Å²) in [6.07, 6.45) is 1.59. The molecule has 0 aliphatic carbocycles. The highest BCUT2D eigenvalue weighted by atomic mass is 79.9. The van der Waals surface area contributed by atoms with E-state index >= 15 is 0 Å². The molecule has 1 aliphatic rings. The second-order valence-electron chi connectivity index (χ2n) is 4.80. The Bertz CT molecular complexity index is 465. The minimum Gasteiger partial charge on any atom is -0.349 e. The number of nitrogens with one attached hydrogen (secondary N) is 1. The maximum absolute atomic E-state index is 13.6. The number of piperidine rings is 1. The molecular weight excluding hydrogens is 318 g/mol. The highest BCUT2D eigenvalue weighted by Gasteiger charge is 2.23. The van der Waals surface area contributed by atoms with Crippen molar-refractivity contribution in [3.8, 4) is 0 Å². The molecule has 1 saturated heterocycles. The van der Waals surface area contributed by atoms with Crippen LogP contribution in [0.5, 0.6) is 0 Å². The Morgan fingerprint density at radius 2 is 1.84 bits per heavy atom. The molecule has 1 aromatic rings. The fourth-order valence-electron chi connectivity index (χ4n) is 2.17. The first-order chi connectivity index (χ1) is 8.97. The van der Waals surface area contributed by atoms with Crippen LogP contribution in [0.2, 0.25) is 0 Å². The molecule has 0 atom stereocenters. The first-order valence-corrected chi connectivity index (χ1v) is 6.90. The number of hydrogen-bond donors (Lipinski definition) is 1. The Balaban J connectivity index is 2.08. The van der Waals surface area contributed by atoms with Gasteiger partial charge in [-0.05, 0) is 45.1 Å². The van der Waals surface area contributed by atoms with Crippen LogP contribution in [0.4, 0.5) is 8.78 Å². The summed E-state index contributed by atoms with van der Waals surface area (Å²) in [7, 11) is 2.01. The van der Waals surface area contributed by atoms with Crippen molar-refractivity contribution in [2.24, 2.45) is 0 Å². The molecule has 3 nitrogen and oxygen atoms in total. The van der Waals surface area contributed by atoms with Crippen molar-refractivity contribution >= 4 is 21.8 Å². The molecule has 0 bridgehead atoms. The summed E-state index contributed by atoms with van der Waals surface area (Å²) in [6, 6.07) is 2.16. The molecule has 1 N–H and O–H groups in total. The largest absolute Gasteiger partial charge is 0.349 e. The normalized spacial score (nSPS) is 17.5. The van der Waals surface area contributed by atoms with Crippen LogP contribution in [0, 0.1) is 11.6 Å². The molecule has 0 radical (unpaired) electrons. The summed E-state index contributed by atoms with van der Waals surface area (Å²) in [5.74, 6) is -2.38. The number of hydrogen-bond acceptors (Lipinski definition) is 2. The van der Waals surface area contributed by atoms with Gasteiger partial charge in [-0.3, -0.25) is 4.79 Å². The molecule has 0 saturated carbocycles. The van der Waals surface area contributed by atoms with E-state index in [1.165, 1.54) is 0 Å². The van der Waals surface area contributed by atoms with Crippen molar-refractivity contribution in [3.63, 3.8) is 0 Å². The molecule has 0 spiro atoms. The average molecular weight is 333 g/mol. The van der Waals surface area contributed by atoms with Crippen molar-refractivity contribution in [2.75, 3.05) is 20.1 Å². The van der Waals surface area contributed by atoms with E-state index in [1.807, 2.05) is 7.05 Å². The second-order valence-corrected chi connectivity index (χ2v) is 5.71. The Morgan fingerprint density at radius 1 is 1.32 bits per heavy atom. The number of carbonyl (C=O) groups excluding carboxylic acids is 1. The van der Waals surface area contributed by atoms with Gasteiger partial charge in [0, 0.05) is 10.5 Å². The fraction of sp³-hybridized carbons (Fsp3) is 0.462. The lowest BCUT2D eigenvalue weighted by atomic mass is 10.0. The van der Waals surface area contributed by atoms with Gasteiger partial charge in [0.05, 0.1) is 0 Å². The monoisotopic (exact) mass is 332 g/mol. The van der Waals surface area contributed by atoms with E-state index < -0.39 is 23.1 Å². The Kier molecular flexibility index (Phi) is 4.52. The molecule has 6 heteroatoms. The van der Waals surface area contributed by atoms with Crippen LogP contribution in [-0.2, 0) is 0 Å². The van der Waals surface area contributed by atoms with Crippen molar-refractivity contribution in [1.82, 2.24) is 10.2 Å². The molecule has 1 heterocycles. The highest BCUT2D eigenvalue weighted by Crippen LogP contribution is 2.20. The first-order valence-electron chi connectivity index (χ1n) is 6.11. The van der Waals surface area contributed by atoms with E-state index in [4.69, 9.17) is 0 Å². The van der Waals surface area contributed by atoms with Crippen molar-refractivity contribution < 1.29 is 13.6 Å². The zero-order valence-electron chi connectivity index (χ0n) is 10.5. The number of likely N-dealkylation sites (tertiary alicyclic amines) is 1. The van der Waals surface area contributed by atoms with Crippen molar-refractivity contribution in [1.29, 1.82) is 0 Å². The Morgan fingerprint density at radius 3 is 2.37 bits per heavy atom. The van der Waals surface area contributed by atoms with Gasteiger partial charge in [-0.1, -0.05) is 15.9 Å². The lowest BCUT2D eigenvalue weighted by molar-refractivity contribution is 0.0908. The maximum atomic E-state index is 13.6. The maximum Gasteiger partial charge on any atom is 0.257 e. The highest BCUT2D eigenvalue weighted by molar-refractivity contribution is 9.10. The minimum atomic E-state index is -0.850. The van der Waals surface area contributed by atoms with Crippen LogP contribution < -0.4 is 5.32 Å². The van der Waals surface area contributed by atoms with Gasteiger partial charge < -0.3 is 10.2 Å². The minimum absolute atomic E-state index is 0.0221. The fourth-order valence-corrected chi connectivity index (χ4v) is 2.57. The molecule has 1 aliphatic heterocycles. The predicted octanol–water partition coefficient (Wildman–Crippen LogP) is 2.55. The van der Waals surface area contributed by atoms with Gasteiger partial charge >= 0.3 is 0 Å². The van der Waals surface area contributed by atoms with Gasteiger partial charge in [0.15, 0.2) is 0 Å². The summed E-state index contributed by atoms with van der Waals surface area (Å²) in [5, 5.41) is 2.70. The summed E-state index contributed by atoms with van der Waals surface area (Å²) in [6.45, 7) is 1.74. The summed E-state index contributed by atoms with van der Waals surface area (Å²) >= 11 is 2.98. The van der Waals surface area contributed by atoms with Crippen LogP contribution in [0.25, 0.3) is 0 Å². The molecule has 19 heavy (non-hydrogen) atoms. The number of nitrogens with zero attached hydrogens (tertiary/aromatic N) is 1. The SMILES string of the molecule is CN1CCC(NC(=O)c2c(F)cc(Br)cc2F)CC1. The summed E-state index contributed by atoms with van der Waals surface area (Å²) in [4.78, 5) is 14.1. The van der Waals surface area contributed by atoms with Gasteiger partial charge in [-0.15, -0.1) is 0 Å². The quantitative estimate of drug-likeness (QED) is 0.902. The van der Waals surface area contributed by atoms with E-state index in [9.17, 15) is 13.6 Å². The number of halogens is 3. The van der Waals surface area contributed by atoms with Crippen LogP contribution in [-0.4, -0.2) is 37.0 Å². The van der Waals surface area contributed by atoms with E-state index in [-0.39, 0.29) is 10.5 Å². The lowest BCUT2D eigenvalue weighted by Crippen LogP contribution is -2.43. The number of benzene rings is 1. The van der Waals surface area contributed by atoms with Crippen LogP contribution >= 0.6 is 15.9 Å². The summed E-state index contributed by atoms with van der Waals surface area (Å²) < 4.78 is 27.6. The van der Waals surface area contributed by atoms with Crippen LogP contribution in [0.15, 0.2) is 16.6 Å². The molecule has 1 amide bonds.